The maximum Gasteiger partial charge on any atom is 0.0665 e. The van der Waals surface area contributed by atoms with Crippen molar-refractivity contribution < 1.29 is 0 Å². The Hall–Kier alpha value is -2.81. The van der Waals surface area contributed by atoms with E-state index in [0.29, 0.717) is 5.92 Å². The first-order valence-corrected chi connectivity index (χ1v) is 8.64. The van der Waals surface area contributed by atoms with Crippen molar-refractivity contribution in [1.29, 1.82) is 0 Å². The highest BCUT2D eigenvalue weighted by molar-refractivity contribution is 5.81. The highest BCUT2D eigenvalue weighted by atomic mass is 15.1. The molecule has 3 heteroatoms. The van der Waals surface area contributed by atoms with Gasteiger partial charge in [-0.1, -0.05) is 32.0 Å². The molecule has 0 unspecified atom stereocenters. The van der Waals surface area contributed by atoms with Crippen LogP contribution < -0.4 is 4.90 Å². The molecular weight excluding hydrogens is 306 g/mol. The van der Waals surface area contributed by atoms with Gasteiger partial charge in [0.1, 0.15) is 0 Å². The van der Waals surface area contributed by atoms with Gasteiger partial charge in [0.15, 0.2) is 0 Å². The number of rotatable bonds is 5. The third-order valence-corrected chi connectivity index (χ3v) is 4.32. The Morgan fingerprint density at radius 2 is 1.64 bits per heavy atom. The number of para-hydroxylation sites is 1. The molecule has 3 nitrogen and oxygen atoms in total. The van der Waals surface area contributed by atoms with Gasteiger partial charge in [0.2, 0.25) is 0 Å². The first-order chi connectivity index (χ1) is 12.1. The molecule has 3 rings (SSSR count). The van der Waals surface area contributed by atoms with Crippen LogP contribution in [0.15, 0.2) is 71.9 Å². The lowest BCUT2D eigenvalue weighted by Crippen LogP contribution is -2.08. The summed E-state index contributed by atoms with van der Waals surface area (Å²) in [7, 11) is 4.10. The van der Waals surface area contributed by atoms with Crippen LogP contribution in [0.25, 0.3) is 5.69 Å². The van der Waals surface area contributed by atoms with Gasteiger partial charge in [-0.2, -0.15) is 0 Å². The van der Waals surface area contributed by atoms with Gasteiger partial charge in [-0.05, 0) is 53.9 Å². The molecule has 0 fully saturated rings. The lowest BCUT2D eigenvalue weighted by Gasteiger charge is -2.13. The Bertz CT molecular complexity index is 855. The van der Waals surface area contributed by atoms with Gasteiger partial charge in [0.05, 0.1) is 17.6 Å². The molecule has 0 aliphatic heterocycles. The zero-order chi connectivity index (χ0) is 17.8. The molecule has 1 heterocycles. The number of aliphatic imine (C=N–C) groups is 1. The van der Waals surface area contributed by atoms with Crippen LogP contribution in [0.5, 0.6) is 0 Å². The summed E-state index contributed by atoms with van der Waals surface area (Å²) in [6.45, 7) is 4.40. The van der Waals surface area contributed by atoms with Crippen molar-refractivity contribution in [3.05, 3.63) is 78.1 Å². The molecule has 0 N–H and O–H groups in total. The van der Waals surface area contributed by atoms with Crippen molar-refractivity contribution in [3.8, 4) is 5.69 Å². The second-order valence-electron chi connectivity index (χ2n) is 6.69. The second kappa shape index (κ2) is 7.39. The Morgan fingerprint density at radius 1 is 0.920 bits per heavy atom. The number of nitrogens with zero attached hydrogens (tertiary/aromatic N) is 3. The first-order valence-electron chi connectivity index (χ1n) is 8.64. The van der Waals surface area contributed by atoms with Crippen LogP contribution in [-0.4, -0.2) is 24.9 Å². The van der Waals surface area contributed by atoms with Crippen LogP contribution in [0.4, 0.5) is 11.4 Å². The van der Waals surface area contributed by atoms with E-state index in [-0.39, 0.29) is 0 Å². The van der Waals surface area contributed by atoms with E-state index in [1.807, 2.05) is 12.3 Å². The molecule has 0 aliphatic carbocycles. The fraction of sp³-hybridized carbons (Fsp3) is 0.227. The predicted molar refractivity (Wildman–Crippen MR) is 108 cm³/mol. The Labute approximate surface area is 150 Å². The minimum atomic E-state index is 0.457. The van der Waals surface area contributed by atoms with Crippen molar-refractivity contribution >= 4 is 17.6 Å². The number of anilines is 1. The third-order valence-electron chi connectivity index (χ3n) is 4.32. The summed E-state index contributed by atoms with van der Waals surface area (Å²) in [5.41, 5.74) is 5.70. The molecule has 1 aromatic heterocycles. The van der Waals surface area contributed by atoms with Crippen molar-refractivity contribution in [3.63, 3.8) is 0 Å². The zero-order valence-corrected chi connectivity index (χ0v) is 15.3. The minimum absolute atomic E-state index is 0.457. The molecule has 0 spiro atoms. The maximum absolute atomic E-state index is 4.75. The molecule has 0 atom stereocenters. The van der Waals surface area contributed by atoms with E-state index in [2.05, 4.69) is 98.2 Å². The zero-order valence-electron chi connectivity index (χ0n) is 15.3. The summed E-state index contributed by atoms with van der Waals surface area (Å²) in [6.07, 6.45) is 4.02. The van der Waals surface area contributed by atoms with Crippen molar-refractivity contribution in [2.24, 2.45) is 4.99 Å². The SMILES string of the molecule is CC(C)c1ccccc1N=Cc1cccn1-c1ccc(N(C)C)cc1. The molecule has 25 heavy (non-hydrogen) atoms. The average molecular weight is 331 g/mol. The monoisotopic (exact) mass is 331 g/mol. The van der Waals surface area contributed by atoms with Crippen LogP contribution in [0, 0.1) is 0 Å². The minimum Gasteiger partial charge on any atom is -0.378 e. The summed E-state index contributed by atoms with van der Waals surface area (Å²) in [5, 5.41) is 0. The van der Waals surface area contributed by atoms with E-state index in [9.17, 15) is 0 Å². The van der Waals surface area contributed by atoms with E-state index >= 15 is 0 Å². The largest absolute Gasteiger partial charge is 0.378 e. The van der Waals surface area contributed by atoms with Gasteiger partial charge < -0.3 is 9.47 Å². The van der Waals surface area contributed by atoms with Crippen LogP contribution in [-0.2, 0) is 0 Å². The van der Waals surface area contributed by atoms with Crippen molar-refractivity contribution in [2.75, 3.05) is 19.0 Å². The summed E-state index contributed by atoms with van der Waals surface area (Å²) in [4.78, 5) is 6.85. The van der Waals surface area contributed by atoms with Crippen LogP contribution >= 0.6 is 0 Å². The van der Waals surface area contributed by atoms with Crippen LogP contribution in [0.1, 0.15) is 31.0 Å². The van der Waals surface area contributed by atoms with Gasteiger partial charge in [-0.25, -0.2) is 0 Å². The van der Waals surface area contributed by atoms with E-state index < -0.39 is 0 Å². The first kappa shape index (κ1) is 17.0. The number of benzene rings is 2. The van der Waals surface area contributed by atoms with Gasteiger partial charge in [-0.15, -0.1) is 0 Å². The quantitative estimate of drug-likeness (QED) is 0.572. The van der Waals surface area contributed by atoms with Gasteiger partial charge in [-0.3, -0.25) is 4.99 Å². The second-order valence-corrected chi connectivity index (χ2v) is 6.69. The summed E-state index contributed by atoms with van der Waals surface area (Å²) in [5.74, 6) is 0.457. The van der Waals surface area contributed by atoms with Crippen LogP contribution in [0.3, 0.4) is 0 Å². The van der Waals surface area contributed by atoms with Gasteiger partial charge in [0, 0.05) is 31.7 Å². The van der Waals surface area contributed by atoms with Crippen molar-refractivity contribution in [2.45, 2.75) is 19.8 Å². The Balaban J connectivity index is 1.90. The molecule has 0 radical (unpaired) electrons. The highest BCUT2D eigenvalue weighted by Crippen LogP contribution is 2.26. The molecule has 2 aromatic carbocycles. The fourth-order valence-corrected chi connectivity index (χ4v) is 2.87. The lowest BCUT2D eigenvalue weighted by atomic mass is 10.0. The number of hydrogen-bond donors (Lipinski definition) is 0. The van der Waals surface area contributed by atoms with E-state index in [0.717, 1.165) is 17.1 Å². The number of hydrogen-bond acceptors (Lipinski definition) is 2. The smallest absolute Gasteiger partial charge is 0.0665 e. The predicted octanol–water partition coefficient (Wildman–Crippen LogP) is 5.42. The molecule has 0 amide bonds. The average Bonchev–Trinajstić information content (AvgIpc) is 3.08. The van der Waals surface area contributed by atoms with Crippen LogP contribution in [0.2, 0.25) is 0 Å². The van der Waals surface area contributed by atoms with E-state index in [1.54, 1.807) is 0 Å². The molecule has 128 valence electrons. The fourth-order valence-electron chi connectivity index (χ4n) is 2.87. The normalized spacial score (nSPS) is 11.4. The standard InChI is InChI=1S/C22H25N3/c1-17(2)21-9-5-6-10-22(21)23-16-20-8-7-15-25(20)19-13-11-18(12-14-19)24(3)4/h5-17H,1-4H3. The van der Waals surface area contributed by atoms with Gasteiger partial charge in [0.25, 0.3) is 0 Å². The highest BCUT2D eigenvalue weighted by Gasteiger charge is 2.05. The molecule has 3 aromatic rings. The molecule has 0 aliphatic rings. The van der Waals surface area contributed by atoms with E-state index in [4.69, 9.17) is 4.99 Å². The van der Waals surface area contributed by atoms with E-state index in [1.165, 1.54) is 11.3 Å². The Morgan fingerprint density at radius 3 is 2.32 bits per heavy atom. The topological polar surface area (TPSA) is 20.5 Å². The molecule has 0 saturated carbocycles. The number of aromatic nitrogens is 1. The summed E-state index contributed by atoms with van der Waals surface area (Å²) < 4.78 is 2.15. The molecular formula is C22H25N3. The van der Waals surface area contributed by atoms with Crippen molar-refractivity contribution in [1.82, 2.24) is 4.57 Å². The molecule has 0 saturated heterocycles. The summed E-state index contributed by atoms with van der Waals surface area (Å²) >= 11 is 0. The lowest BCUT2D eigenvalue weighted by molar-refractivity contribution is 0.867. The maximum atomic E-state index is 4.75. The molecule has 0 bridgehead atoms. The third kappa shape index (κ3) is 3.82. The van der Waals surface area contributed by atoms with Gasteiger partial charge >= 0.3 is 0 Å². The Kier molecular flexibility index (Phi) is 5.03. The summed E-state index contributed by atoms with van der Waals surface area (Å²) in [6, 6.07) is 21.0.